The lowest BCUT2D eigenvalue weighted by atomic mass is 10.0. The van der Waals surface area contributed by atoms with E-state index >= 15 is 0 Å². The van der Waals surface area contributed by atoms with Crippen molar-refractivity contribution in [3.8, 4) is 17.3 Å². The highest BCUT2D eigenvalue weighted by Crippen LogP contribution is 2.31. The van der Waals surface area contributed by atoms with Gasteiger partial charge >= 0.3 is 5.97 Å². The average Bonchev–Trinajstić information content (AvgIpc) is 2.92. The predicted octanol–water partition coefficient (Wildman–Crippen LogP) is 4.89. The second-order valence-electron chi connectivity index (χ2n) is 8.82. The second kappa shape index (κ2) is 10.5. The molecule has 9 heteroatoms. The van der Waals surface area contributed by atoms with Crippen molar-refractivity contribution in [1.29, 1.82) is 0 Å². The molecule has 1 aromatic heterocycles. The number of nitro benzene ring substituents is 1. The lowest BCUT2D eigenvalue weighted by Gasteiger charge is -2.29. The molecule has 3 aromatic carbocycles. The van der Waals surface area contributed by atoms with Crippen LogP contribution < -0.4 is 4.74 Å². The number of ether oxygens (including phenoxy) is 1. The van der Waals surface area contributed by atoms with Crippen molar-refractivity contribution in [2.24, 2.45) is 0 Å². The Morgan fingerprint density at radius 1 is 1.00 bits per heavy atom. The van der Waals surface area contributed by atoms with Crippen LogP contribution in [0.1, 0.15) is 32.7 Å². The van der Waals surface area contributed by atoms with Crippen molar-refractivity contribution >= 4 is 11.7 Å². The Bertz CT molecular complexity index is 1440. The van der Waals surface area contributed by atoms with Crippen LogP contribution >= 0.6 is 0 Å². The quantitative estimate of drug-likeness (QED) is 0.271. The summed E-state index contributed by atoms with van der Waals surface area (Å²) in [6.45, 7) is 2.38. The van der Waals surface area contributed by atoms with Gasteiger partial charge in [0.25, 0.3) is 5.69 Å². The van der Waals surface area contributed by atoms with Gasteiger partial charge in [-0.05, 0) is 23.3 Å². The van der Waals surface area contributed by atoms with E-state index < -0.39 is 10.9 Å². The number of nitro groups is 1. The van der Waals surface area contributed by atoms with E-state index in [1.807, 2.05) is 18.2 Å². The predicted molar refractivity (Wildman–Crippen MR) is 136 cm³/mol. The average molecular weight is 497 g/mol. The molecule has 1 aliphatic rings. The smallest absolute Gasteiger partial charge is 0.335 e. The number of carboxylic acid groups (broad SMARTS) is 1. The van der Waals surface area contributed by atoms with Gasteiger partial charge in [0.15, 0.2) is 5.82 Å². The summed E-state index contributed by atoms with van der Waals surface area (Å²) in [6, 6.07) is 23.0. The summed E-state index contributed by atoms with van der Waals surface area (Å²) in [5.74, 6) is -0.195. The third kappa shape index (κ3) is 5.62. The van der Waals surface area contributed by atoms with Crippen LogP contribution in [0.25, 0.3) is 11.4 Å². The maximum absolute atomic E-state index is 11.3. The second-order valence-corrected chi connectivity index (χ2v) is 8.82. The Hall–Kier alpha value is -4.63. The largest absolute Gasteiger partial charge is 0.478 e. The molecule has 0 radical (unpaired) electrons. The summed E-state index contributed by atoms with van der Waals surface area (Å²) in [7, 11) is 0. The number of rotatable bonds is 8. The van der Waals surface area contributed by atoms with Crippen molar-refractivity contribution in [1.82, 2.24) is 14.9 Å². The number of carboxylic acids is 1. The Morgan fingerprint density at radius 3 is 2.51 bits per heavy atom. The van der Waals surface area contributed by atoms with Crippen molar-refractivity contribution in [2.45, 2.75) is 26.1 Å². The van der Waals surface area contributed by atoms with Crippen LogP contribution in [-0.2, 0) is 26.1 Å². The Morgan fingerprint density at radius 2 is 1.78 bits per heavy atom. The summed E-state index contributed by atoms with van der Waals surface area (Å²) in [5, 5.41) is 20.4. The molecule has 0 saturated heterocycles. The highest BCUT2D eigenvalue weighted by Gasteiger charge is 2.24. The van der Waals surface area contributed by atoms with Crippen LogP contribution in [0, 0.1) is 10.1 Å². The fraction of sp³-hybridized carbons (Fsp3) is 0.179. The molecule has 5 rings (SSSR count). The van der Waals surface area contributed by atoms with Gasteiger partial charge in [0, 0.05) is 49.3 Å². The number of aromatic nitrogens is 2. The van der Waals surface area contributed by atoms with E-state index in [-0.39, 0.29) is 17.9 Å². The molecule has 37 heavy (non-hydrogen) atoms. The summed E-state index contributed by atoms with van der Waals surface area (Å²) >= 11 is 0. The van der Waals surface area contributed by atoms with Gasteiger partial charge in [-0.3, -0.25) is 15.0 Å². The zero-order chi connectivity index (χ0) is 25.8. The van der Waals surface area contributed by atoms with Gasteiger partial charge in [0.05, 0.1) is 16.2 Å². The van der Waals surface area contributed by atoms with Gasteiger partial charge in [-0.2, -0.15) is 4.98 Å². The SMILES string of the molecule is O=C(O)c1ccc(COc2nc(-c3cccc([N+](=O)[O-])c3)nc3c2CN(Cc2ccccc2)CC3)cc1. The molecular weight excluding hydrogens is 472 g/mol. The normalized spacial score (nSPS) is 13.1. The highest BCUT2D eigenvalue weighted by atomic mass is 16.6. The molecule has 1 aliphatic heterocycles. The molecular formula is C28H24N4O5. The lowest BCUT2D eigenvalue weighted by molar-refractivity contribution is -0.384. The first-order valence-electron chi connectivity index (χ1n) is 11.8. The van der Waals surface area contributed by atoms with Crippen LogP contribution in [0.5, 0.6) is 5.88 Å². The number of non-ortho nitro benzene ring substituents is 1. The number of nitrogens with zero attached hydrogens (tertiary/aromatic N) is 4. The van der Waals surface area contributed by atoms with Gasteiger partial charge in [0.1, 0.15) is 6.61 Å². The molecule has 0 atom stereocenters. The first kappa shape index (κ1) is 24.1. The molecule has 0 amide bonds. The number of hydrogen-bond acceptors (Lipinski definition) is 7. The fourth-order valence-electron chi connectivity index (χ4n) is 4.32. The van der Waals surface area contributed by atoms with E-state index in [1.54, 1.807) is 24.3 Å². The molecule has 2 heterocycles. The molecule has 0 aliphatic carbocycles. The van der Waals surface area contributed by atoms with E-state index in [9.17, 15) is 14.9 Å². The zero-order valence-corrected chi connectivity index (χ0v) is 19.9. The first-order valence-corrected chi connectivity index (χ1v) is 11.8. The minimum atomic E-state index is -0.988. The topological polar surface area (TPSA) is 119 Å². The van der Waals surface area contributed by atoms with Gasteiger partial charge in [-0.15, -0.1) is 0 Å². The zero-order valence-electron chi connectivity index (χ0n) is 19.9. The third-order valence-electron chi connectivity index (χ3n) is 6.24. The fourth-order valence-corrected chi connectivity index (χ4v) is 4.32. The molecule has 1 N–H and O–H groups in total. The molecule has 186 valence electrons. The number of benzene rings is 3. The van der Waals surface area contributed by atoms with Crippen molar-refractivity contribution in [3.05, 3.63) is 117 Å². The van der Waals surface area contributed by atoms with Crippen LogP contribution in [0.15, 0.2) is 78.9 Å². The number of carbonyl (C=O) groups is 1. The first-order chi connectivity index (χ1) is 18.0. The molecule has 9 nitrogen and oxygen atoms in total. The summed E-state index contributed by atoms with van der Waals surface area (Å²) in [5.41, 5.74) is 4.46. The van der Waals surface area contributed by atoms with Crippen LogP contribution in [0.4, 0.5) is 5.69 Å². The third-order valence-corrected chi connectivity index (χ3v) is 6.24. The number of fused-ring (bicyclic) bond motifs is 1. The molecule has 0 fully saturated rings. The van der Waals surface area contributed by atoms with E-state index in [1.165, 1.54) is 29.8 Å². The molecule has 0 unspecified atom stereocenters. The minimum absolute atomic E-state index is 0.0335. The number of aromatic carboxylic acids is 1. The molecule has 0 saturated carbocycles. The van der Waals surface area contributed by atoms with Gasteiger partial charge in [-0.1, -0.05) is 54.6 Å². The van der Waals surface area contributed by atoms with E-state index in [0.717, 1.165) is 29.9 Å². The van der Waals surface area contributed by atoms with E-state index in [4.69, 9.17) is 14.8 Å². The summed E-state index contributed by atoms with van der Waals surface area (Å²) in [6.07, 6.45) is 0.691. The van der Waals surface area contributed by atoms with E-state index in [0.29, 0.717) is 30.2 Å². The maximum atomic E-state index is 11.3. The monoisotopic (exact) mass is 496 g/mol. The van der Waals surface area contributed by atoms with Crippen LogP contribution in [0.2, 0.25) is 0 Å². The van der Waals surface area contributed by atoms with Crippen LogP contribution in [-0.4, -0.2) is 37.4 Å². The Balaban J connectivity index is 1.46. The lowest BCUT2D eigenvalue weighted by Crippen LogP contribution is -2.31. The minimum Gasteiger partial charge on any atom is -0.478 e. The summed E-state index contributed by atoms with van der Waals surface area (Å²) < 4.78 is 6.17. The van der Waals surface area contributed by atoms with Crippen LogP contribution in [0.3, 0.4) is 0 Å². The van der Waals surface area contributed by atoms with Crippen molar-refractivity contribution in [2.75, 3.05) is 6.54 Å². The number of hydrogen-bond donors (Lipinski definition) is 1. The van der Waals surface area contributed by atoms with Gasteiger partial charge in [-0.25, -0.2) is 9.78 Å². The Kier molecular flexibility index (Phi) is 6.87. The summed E-state index contributed by atoms with van der Waals surface area (Å²) in [4.78, 5) is 33.8. The van der Waals surface area contributed by atoms with Gasteiger partial charge < -0.3 is 9.84 Å². The standard InChI is InChI=1S/C28H24N4O5/c33-28(34)21-11-9-20(10-12-21)18-37-27-24-17-31(16-19-5-2-1-3-6-19)14-13-25(24)29-26(30-27)22-7-4-8-23(15-22)32(35)36/h1-12,15H,13-14,16-18H2,(H,33,34). The van der Waals surface area contributed by atoms with E-state index in [2.05, 4.69) is 22.0 Å². The van der Waals surface area contributed by atoms with Crippen molar-refractivity contribution < 1.29 is 19.6 Å². The highest BCUT2D eigenvalue weighted by molar-refractivity contribution is 5.87. The maximum Gasteiger partial charge on any atom is 0.335 e. The molecule has 0 bridgehead atoms. The van der Waals surface area contributed by atoms with Gasteiger partial charge in [0.2, 0.25) is 5.88 Å². The van der Waals surface area contributed by atoms with Crippen molar-refractivity contribution in [3.63, 3.8) is 0 Å². The Labute approximate surface area is 213 Å². The molecule has 4 aromatic rings. The molecule has 0 spiro atoms.